The minimum Gasteiger partial charge on any atom is -0.378 e. The van der Waals surface area contributed by atoms with E-state index in [0.29, 0.717) is 17.3 Å². The number of amides is 2. The fourth-order valence-electron chi connectivity index (χ4n) is 2.39. The highest BCUT2D eigenvalue weighted by Crippen LogP contribution is 2.22. The van der Waals surface area contributed by atoms with Gasteiger partial charge in [0, 0.05) is 45.4 Å². The van der Waals surface area contributed by atoms with Gasteiger partial charge in [-0.1, -0.05) is 23.7 Å². The summed E-state index contributed by atoms with van der Waals surface area (Å²) in [5, 5.41) is 3.25. The fraction of sp³-hybridized carbons (Fsp3) is 0.263. The topological polar surface area (TPSA) is 52.7 Å². The Morgan fingerprint density at radius 3 is 2.16 bits per heavy atom. The van der Waals surface area contributed by atoms with Crippen molar-refractivity contribution in [3.05, 3.63) is 53.6 Å². The largest absolute Gasteiger partial charge is 0.378 e. The highest BCUT2D eigenvalue weighted by Gasteiger charge is 2.14. The highest BCUT2D eigenvalue weighted by molar-refractivity contribution is 6.33. The number of hydrogen-bond acceptors (Lipinski definition) is 3. The molecule has 2 aromatic rings. The second kappa shape index (κ2) is 8.53. The first kappa shape index (κ1) is 18.8. The van der Waals surface area contributed by atoms with Gasteiger partial charge in [0.05, 0.1) is 10.7 Å². The van der Waals surface area contributed by atoms with E-state index in [0.717, 1.165) is 11.4 Å². The van der Waals surface area contributed by atoms with Crippen LogP contribution in [-0.2, 0) is 9.59 Å². The van der Waals surface area contributed by atoms with Crippen LogP contribution in [0.5, 0.6) is 0 Å². The Labute approximate surface area is 153 Å². The number of carbonyl (C=O) groups is 2. The van der Waals surface area contributed by atoms with E-state index in [1.165, 1.54) is 6.92 Å². The number of benzene rings is 2. The molecule has 1 N–H and O–H groups in total. The molecule has 6 heteroatoms. The number of carbonyl (C=O) groups excluding carboxylic acids is 2. The van der Waals surface area contributed by atoms with Crippen LogP contribution in [0.25, 0.3) is 0 Å². The van der Waals surface area contributed by atoms with Crippen LogP contribution >= 0.6 is 11.6 Å². The molecule has 0 aromatic heterocycles. The smallest absolute Gasteiger partial charge is 0.226 e. The molecule has 0 aliphatic heterocycles. The van der Waals surface area contributed by atoms with E-state index < -0.39 is 0 Å². The molecule has 0 unspecified atom stereocenters. The average Bonchev–Trinajstić information content (AvgIpc) is 2.57. The molecule has 2 amide bonds. The van der Waals surface area contributed by atoms with Crippen molar-refractivity contribution in [2.24, 2.45) is 0 Å². The van der Waals surface area contributed by atoms with Gasteiger partial charge in [0.25, 0.3) is 0 Å². The number of rotatable bonds is 6. The van der Waals surface area contributed by atoms with E-state index in [1.807, 2.05) is 43.3 Å². The number of para-hydroxylation sites is 1. The number of nitrogens with one attached hydrogen (secondary N) is 1. The van der Waals surface area contributed by atoms with Crippen molar-refractivity contribution >= 4 is 40.5 Å². The Hall–Kier alpha value is -2.53. The number of anilines is 3. The Morgan fingerprint density at radius 2 is 1.60 bits per heavy atom. The minimum absolute atomic E-state index is 0.108. The van der Waals surface area contributed by atoms with Gasteiger partial charge in [-0.2, -0.15) is 0 Å². The molecule has 25 heavy (non-hydrogen) atoms. The van der Waals surface area contributed by atoms with Crippen LogP contribution in [0.2, 0.25) is 5.02 Å². The molecule has 0 heterocycles. The predicted octanol–water partition coefficient (Wildman–Crippen LogP) is 3.79. The summed E-state index contributed by atoms with van der Waals surface area (Å²) in [5.74, 6) is -0.299. The molecule has 0 aliphatic carbocycles. The van der Waals surface area contributed by atoms with Crippen LogP contribution in [0.3, 0.4) is 0 Å². The molecule has 0 atom stereocenters. The van der Waals surface area contributed by atoms with Gasteiger partial charge < -0.3 is 15.1 Å². The zero-order chi connectivity index (χ0) is 18.4. The van der Waals surface area contributed by atoms with Gasteiger partial charge in [0.15, 0.2) is 0 Å². The summed E-state index contributed by atoms with van der Waals surface area (Å²) in [7, 11) is 3.91. The Morgan fingerprint density at radius 1 is 1.00 bits per heavy atom. The third kappa shape index (κ3) is 5.22. The third-order valence-electron chi connectivity index (χ3n) is 3.77. The van der Waals surface area contributed by atoms with E-state index in [2.05, 4.69) is 5.32 Å². The van der Waals surface area contributed by atoms with E-state index >= 15 is 0 Å². The summed E-state index contributed by atoms with van der Waals surface area (Å²) < 4.78 is 0. The maximum Gasteiger partial charge on any atom is 0.226 e. The molecule has 0 radical (unpaired) electrons. The molecule has 132 valence electrons. The number of nitrogens with zero attached hydrogens (tertiary/aromatic N) is 2. The molecule has 0 bridgehead atoms. The van der Waals surface area contributed by atoms with Crippen LogP contribution < -0.4 is 15.1 Å². The van der Waals surface area contributed by atoms with Crippen molar-refractivity contribution < 1.29 is 9.59 Å². The Balaban J connectivity index is 2.01. The molecule has 0 aliphatic rings. The van der Waals surface area contributed by atoms with Gasteiger partial charge in [0.2, 0.25) is 11.8 Å². The first-order valence-corrected chi connectivity index (χ1v) is 8.36. The first-order chi connectivity index (χ1) is 11.9. The monoisotopic (exact) mass is 359 g/mol. The number of hydrogen-bond donors (Lipinski definition) is 1. The molecule has 0 saturated carbocycles. The highest BCUT2D eigenvalue weighted by atomic mass is 35.5. The number of halogens is 1. The molecule has 0 spiro atoms. The molecule has 0 saturated heterocycles. The Bertz CT molecular complexity index is 745. The van der Waals surface area contributed by atoms with Gasteiger partial charge in [0.1, 0.15) is 0 Å². The van der Waals surface area contributed by atoms with E-state index in [9.17, 15) is 9.59 Å². The van der Waals surface area contributed by atoms with Gasteiger partial charge >= 0.3 is 0 Å². The van der Waals surface area contributed by atoms with Gasteiger partial charge in [-0.3, -0.25) is 9.59 Å². The average molecular weight is 360 g/mol. The van der Waals surface area contributed by atoms with Gasteiger partial charge in [-0.25, -0.2) is 0 Å². The maximum absolute atomic E-state index is 12.2. The first-order valence-electron chi connectivity index (χ1n) is 7.98. The van der Waals surface area contributed by atoms with Gasteiger partial charge in [-0.05, 0) is 36.4 Å². The molecular weight excluding hydrogens is 338 g/mol. The van der Waals surface area contributed by atoms with E-state index in [4.69, 9.17) is 11.6 Å². The fourth-order valence-corrected chi connectivity index (χ4v) is 2.57. The molecule has 0 fully saturated rings. The van der Waals surface area contributed by atoms with Crippen molar-refractivity contribution in [2.45, 2.75) is 13.3 Å². The standard InChI is InChI=1S/C19H22ClN3O2/c1-14(24)23(16-10-8-15(9-11-16)22(2)3)13-12-19(25)21-18-7-5-4-6-17(18)20/h4-11H,12-13H2,1-3H3,(H,21,25). The lowest BCUT2D eigenvalue weighted by Crippen LogP contribution is -2.32. The molecule has 5 nitrogen and oxygen atoms in total. The zero-order valence-electron chi connectivity index (χ0n) is 14.6. The summed E-state index contributed by atoms with van der Waals surface area (Å²) in [6, 6.07) is 14.7. The van der Waals surface area contributed by atoms with Crippen LogP contribution in [-0.4, -0.2) is 32.5 Å². The van der Waals surface area contributed by atoms with Crippen LogP contribution in [0, 0.1) is 0 Å². The van der Waals surface area contributed by atoms with E-state index in [-0.39, 0.29) is 18.2 Å². The maximum atomic E-state index is 12.2. The van der Waals surface area contributed by atoms with Crippen molar-refractivity contribution in [1.82, 2.24) is 0 Å². The third-order valence-corrected chi connectivity index (χ3v) is 4.10. The minimum atomic E-state index is -0.190. The Kier molecular flexibility index (Phi) is 6.42. The van der Waals surface area contributed by atoms with Crippen LogP contribution in [0.1, 0.15) is 13.3 Å². The molecule has 2 aromatic carbocycles. The molecule has 2 rings (SSSR count). The second-order valence-corrected chi connectivity index (χ2v) is 6.27. The van der Waals surface area contributed by atoms with Crippen molar-refractivity contribution in [3.63, 3.8) is 0 Å². The summed E-state index contributed by atoms with van der Waals surface area (Å²) >= 11 is 6.03. The van der Waals surface area contributed by atoms with Crippen molar-refractivity contribution in [3.8, 4) is 0 Å². The SMILES string of the molecule is CC(=O)N(CCC(=O)Nc1ccccc1Cl)c1ccc(N(C)C)cc1. The summed E-state index contributed by atoms with van der Waals surface area (Å²) in [6.07, 6.45) is 0.181. The lowest BCUT2D eigenvalue weighted by atomic mass is 10.2. The van der Waals surface area contributed by atoms with Crippen molar-refractivity contribution in [2.75, 3.05) is 35.8 Å². The lowest BCUT2D eigenvalue weighted by Gasteiger charge is -2.22. The van der Waals surface area contributed by atoms with E-state index in [1.54, 1.807) is 29.2 Å². The van der Waals surface area contributed by atoms with Crippen molar-refractivity contribution in [1.29, 1.82) is 0 Å². The molecular formula is C19H22ClN3O2. The lowest BCUT2D eigenvalue weighted by molar-refractivity contribution is -0.117. The van der Waals surface area contributed by atoms with Crippen LogP contribution in [0.15, 0.2) is 48.5 Å². The zero-order valence-corrected chi connectivity index (χ0v) is 15.4. The quantitative estimate of drug-likeness (QED) is 0.853. The van der Waals surface area contributed by atoms with Crippen LogP contribution in [0.4, 0.5) is 17.1 Å². The predicted molar refractivity (Wildman–Crippen MR) is 103 cm³/mol. The van der Waals surface area contributed by atoms with Gasteiger partial charge in [-0.15, -0.1) is 0 Å². The normalized spacial score (nSPS) is 10.2. The summed E-state index contributed by atoms with van der Waals surface area (Å²) in [6.45, 7) is 1.79. The second-order valence-electron chi connectivity index (χ2n) is 5.86. The summed E-state index contributed by atoms with van der Waals surface area (Å²) in [5.41, 5.74) is 2.38. The summed E-state index contributed by atoms with van der Waals surface area (Å²) in [4.78, 5) is 27.7.